The van der Waals surface area contributed by atoms with Crippen LogP contribution in [0, 0.1) is 11.5 Å². The molecule has 18 heavy (non-hydrogen) atoms. The average molecular weight is 246 g/mol. The van der Waals surface area contributed by atoms with Crippen molar-refractivity contribution in [3.63, 3.8) is 0 Å². The Morgan fingerprint density at radius 2 is 2.06 bits per heavy atom. The number of nitrogens with zero attached hydrogens (tertiary/aromatic N) is 4. The zero-order valence-corrected chi connectivity index (χ0v) is 10.8. The largest absolute Gasteiger partial charge is 0.418 e. The average Bonchev–Trinajstić information content (AvgIpc) is 2.40. The summed E-state index contributed by atoms with van der Waals surface area (Å²) in [4.78, 5) is 9.01. The monoisotopic (exact) mass is 246 g/mol. The SMILES string of the molecule is CC(OC#N)c1ccc(N2CCN(C)CC2)cn1. The van der Waals surface area contributed by atoms with E-state index in [4.69, 9.17) is 10.00 Å². The molecule has 1 aromatic rings. The van der Waals surface area contributed by atoms with Crippen molar-refractivity contribution in [3.05, 3.63) is 24.0 Å². The molecule has 1 aliphatic rings. The Labute approximate surface area is 108 Å². The molecule has 0 saturated carbocycles. The Hall–Kier alpha value is -1.80. The molecular weight excluding hydrogens is 228 g/mol. The van der Waals surface area contributed by atoms with Crippen LogP contribution in [0.2, 0.25) is 0 Å². The Kier molecular flexibility index (Phi) is 4.00. The van der Waals surface area contributed by atoms with Crippen LogP contribution in [0.15, 0.2) is 18.3 Å². The summed E-state index contributed by atoms with van der Waals surface area (Å²) >= 11 is 0. The summed E-state index contributed by atoms with van der Waals surface area (Å²) in [7, 11) is 2.14. The fourth-order valence-electron chi connectivity index (χ4n) is 2.03. The topological polar surface area (TPSA) is 52.4 Å². The molecule has 1 atom stereocenters. The Bertz CT molecular complexity index is 418. The van der Waals surface area contributed by atoms with Gasteiger partial charge in [0.2, 0.25) is 0 Å². The molecule has 0 bridgehead atoms. The van der Waals surface area contributed by atoms with E-state index in [0.717, 1.165) is 37.6 Å². The molecule has 0 N–H and O–H groups in total. The maximum atomic E-state index is 8.47. The summed E-state index contributed by atoms with van der Waals surface area (Å²) in [6.07, 6.45) is 3.27. The lowest BCUT2D eigenvalue weighted by Gasteiger charge is -2.33. The second kappa shape index (κ2) is 5.69. The molecule has 2 rings (SSSR count). The highest BCUT2D eigenvalue weighted by molar-refractivity contribution is 5.45. The lowest BCUT2D eigenvalue weighted by molar-refractivity contribution is 0.178. The van der Waals surface area contributed by atoms with E-state index in [0.29, 0.717) is 0 Å². The lowest BCUT2D eigenvalue weighted by Crippen LogP contribution is -2.44. The zero-order chi connectivity index (χ0) is 13.0. The van der Waals surface area contributed by atoms with Crippen LogP contribution in [-0.4, -0.2) is 43.1 Å². The Balaban J connectivity index is 2.01. The van der Waals surface area contributed by atoms with Gasteiger partial charge in [-0.2, -0.15) is 5.26 Å². The molecule has 0 amide bonds. The van der Waals surface area contributed by atoms with Crippen LogP contribution in [-0.2, 0) is 4.74 Å². The third kappa shape index (κ3) is 2.90. The number of aromatic nitrogens is 1. The molecule has 2 heterocycles. The van der Waals surface area contributed by atoms with E-state index in [1.165, 1.54) is 0 Å². The second-order valence-electron chi connectivity index (χ2n) is 4.58. The predicted molar refractivity (Wildman–Crippen MR) is 69.1 cm³/mol. The molecule has 1 saturated heterocycles. The summed E-state index contributed by atoms with van der Waals surface area (Å²) in [5.41, 5.74) is 1.92. The maximum Gasteiger partial charge on any atom is 0.286 e. The molecule has 1 fully saturated rings. The first-order valence-corrected chi connectivity index (χ1v) is 6.15. The zero-order valence-electron chi connectivity index (χ0n) is 10.8. The van der Waals surface area contributed by atoms with Gasteiger partial charge in [-0.05, 0) is 26.1 Å². The van der Waals surface area contributed by atoms with Gasteiger partial charge in [-0.3, -0.25) is 4.98 Å². The minimum absolute atomic E-state index is 0.281. The van der Waals surface area contributed by atoms with Gasteiger partial charge >= 0.3 is 0 Å². The van der Waals surface area contributed by atoms with Crippen LogP contribution in [0.1, 0.15) is 18.7 Å². The van der Waals surface area contributed by atoms with Crippen molar-refractivity contribution < 1.29 is 4.74 Å². The molecule has 5 heteroatoms. The summed E-state index contributed by atoms with van der Waals surface area (Å²) in [5, 5.41) is 8.47. The standard InChI is InChI=1S/C13H18N4O/c1-11(18-10-14)13-4-3-12(9-15-13)17-7-5-16(2)6-8-17/h3-4,9,11H,5-8H2,1-2H3. The molecule has 1 unspecified atom stereocenters. The van der Waals surface area contributed by atoms with Crippen LogP contribution >= 0.6 is 0 Å². The smallest absolute Gasteiger partial charge is 0.286 e. The van der Waals surface area contributed by atoms with Crippen molar-refractivity contribution in [3.8, 4) is 6.26 Å². The van der Waals surface area contributed by atoms with E-state index >= 15 is 0 Å². The number of rotatable bonds is 3. The third-order valence-corrected chi connectivity index (χ3v) is 3.29. The minimum atomic E-state index is -0.281. The fourth-order valence-corrected chi connectivity index (χ4v) is 2.03. The highest BCUT2D eigenvalue weighted by atomic mass is 16.5. The van der Waals surface area contributed by atoms with Gasteiger partial charge < -0.3 is 14.5 Å². The van der Waals surface area contributed by atoms with Crippen LogP contribution in [0.25, 0.3) is 0 Å². The van der Waals surface area contributed by atoms with E-state index in [1.807, 2.05) is 25.3 Å². The maximum absolute atomic E-state index is 8.47. The molecule has 0 spiro atoms. The molecule has 0 aromatic carbocycles. The molecule has 96 valence electrons. The number of likely N-dealkylation sites (N-methyl/N-ethyl adjacent to an activating group) is 1. The fraction of sp³-hybridized carbons (Fsp3) is 0.538. The predicted octanol–water partition coefficient (Wildman–Crippen LogP) is 1.39. The first-order chi connectivity index (χ1) is 8.70. The van der Waals surface area contributed by atoms with Crippen molar-refractivity contribution in [1.29, 1.82) is 5.26 Å². The number of nitriles is 1. The van der Waals surface area contributed by atoms with Gasteiger partial charge in [-0.1, -0.05) is 0 Å². The van der Waals surface area contributed by atoms with E-state index in [1.54, 1.807) is 6.26 Å². The molecule has 5 nitrogen and oxygen atoms in total. The van der Waals surface area contributed by atoms with E-state index < -0.39 is 0 Å². The van der Waals surface area contributed by atoms with Gasteiger partial charge in [0.15, 0.2) is 6.10 Å². The van der Waals surface area contributed by atoms with Gasteiger partial charge in [0, 0.05) is 26.2 Å². The van der Waals surface area contributed by atoms with E-state index in [2.05, 4.69) is 21.8 Å². The number of pyridine rings is 1. The molecule has 0 aliphatic carbocycles. The number of anilines is 1. The van der Waals surface area contributed by atoms with Crippen molar-refractivity contribution in [1.82, 2.24) is 9.88 Å². The van der Waals surface area contributed by atoms with E-state index in [-0.39, 0.29) is 6.10 Å². The van der Waals surface area contributed by atoms with Gasteiger partial charge in [-0.25, -0.2) is 0 Å². The summed E-state index contributed by atoms with van der Waals surface area (Å²) in [6.45, 7) is 6.04. The van der Waals surface area contributed by atoms with Gasteiger partial charge in [0.25, 0.3) is 6.26 Å². The summed E-state index contributed by atoms with van der Waals surface area (Å²) in [6, 6.07) is 3.97. The third-order valence-electron chi connectivity index (χ3n) is 3.29. The van der Waals surface area contributed by atoms with Crippen molar-refractivity contribution >= 4 is 5.69 Å². The lowest BCUT2D eigenvalue weighted by atomic mass is 10.2. The number of piperazine rings is 1. The number of ether oxygens (including phenoxy) is 1. The van der Waals surface area contributed by atoms with Crippen molar-refractivity contribution in [2.75, 3.05) is 38.1 Å². The van der Waals surface area contributed by atoms with Crippen LogP contribution in [0.5, 0.6) is 0 Å². The van der Waals surface area contributed by atoms with Gasteiger partial charge in [0.1, 0.15) is 0 Å². The minimum Gasteiger partial charge on any atom is -0.418 e. The normalized spacial score (nSPS) is 18.2. The van der Waals surface area contributed by atoms with Crippen LogP contribution in [0.4, 0.5) is 5.69 Å². The Morgan fingerprint density at radius 3 is 2.61 bits per heavy atom. The molecular formula is C13H18N4O. The van der Waals surface area contributed by atoms with Crippen molar-refractivity contribution in [2.45, 2.75) is 13.0 Å². The van der Waals surface area contributed by atoms with Crippen LogP contribution < -0.4 is 4.90 Å². The first-order valence-electron chi connectivity index (χ1n) is 6.15. The number of hydrogen-bond acceptors (Lipinski definition) is 5. The molecule has 1 aliphatic heterocycles. The van der Waals surface area contributed by atoms with Gasteiger partial charge in [0.05, 0.1) is 17.6 Å². The highest BCUT2D eigenvalue weighted by Gasteiger charge is 2.15. The highest BCUT2D eigenvalue weighted by Crippen LogP contribution is 2.19. The van der Waals surface area contributed by atoms with Crippen molar-refractivity contribution in [2.24, 2.45) is 0 Å². The van der Waals surface area contributed by atoms with Gasteiger partial charge in [-0.15, -0.1) is 0 Å². The summed E-state index contributed by atoms with van der Waals surface area (Å²) < 4.78 is 4.85. The summed E-state index contributed by atoms with van der Waals surface area (Å²) in [5.74, 6) is 0. The second-order valence-corrected chi connectivity index (χ2v) is 4.58. The number of hydrogen-bond donors (Lipinski definition) is 0. The van der Waals surface area contributed by atoms with E-state index in [9.17, 15) is 0 Å². The quantitative estimate of drug-likeness (QED) is 0.754. The first kappa shape index (κ1) is 12.7. The molecule has 1 aromatic heterocycles. The Morgan fingerprint density at radius 1 is 1.33 bits per heavy atom. The molecule has 0 radical (unpaired) electrons. The van der Waals surface area contributed by atoms with Crippen LogP contribution in [0.3, 0.4) is 0 Å².